The Morgan fingerprint density at radius 1 is 0.458 bits per heavy atom. The predicted octanol–water partition coefficient (Wildman–Crippen LogP) is 15.7. The zero-order valence-corrected chi connectivity index (χ0v) is 39.7. The Labute approximate surface area is 368 Å². The Kier molecular flexibility index (Phi) is 48.1. The van der Waals surface area contributed by atoms with Crippen LogP contribution in [0.25, 0.3) is 0 Å². The number of aliphatic hydroxyl groups excluding tert-OH is 2. The summed E-state index contributed by atoms with van der Waals surface area (Å²) in [5.41, 5.74) is 0. The molecule has 0 bridgehead atoms. The van der Waals surface area contributed by atoms with Crippen molar-refractivity contribution in [2.24, 2.45) is 0 Å². The lowest BCUT2D eigenvalue weighted by Crippen LogP contribution is -2.45. The highest BCUT2D eigenvalue weighted by atomic mass is 16.5. The first-order valence-corrected chi connectivity index (χ1v) is 26.4. The zero-order valence-electron chi connectivity index (χ0n) is 39.7. The third kappa shape index (κ3) is 45.9. The van der Waals surface area contributed by atoms with Gasteiger partial charge in [-0.15, -0.1) is 0 Å². The van der Waals surface area contributed by atoms with Gasteiger partial charge in [0.25, 0.3) is 0 Å². The van der Waals surface area contributed by atoms with Gasteiger partial charge in [-0.3, -0.25) is 9.59 Å². The highest BCUT2D eigenvalue weighted by Crippen LogP contribution is 2.17. The van der Waals surface area contributed by atoms with Gasteiger partial charge < -0.3 is 20.3 Å². The van der Waals surface area contributed by atoms with Crippen molar-refractivity contribution in [2.75, 3.05) is 13.2 Å². The number of rotatable bonds is 49. The summed E-state index contributed by atoms with van der Waals surface area (Å²) in [5.74, 6) is -0.0930. The summed E-state index contributed by atoms with van der Waals surface area (Å²) in [4.78, 5) is 24.5. The van der Waals surface area contributed by atoms with Gasteiger partial charge in [0.1, 0.15) is 0 Å². The molecule has 350 valence electrons. The van der Waals surface area contributed by atoms with Gasteiger partial charge in [-0.1, -0.05) is 238 Å². The highest BCUT2D eigenvalue weighted by molar-refractivity contribution is 5.76. The van der Waals surface area contributed by atoms with Crippen molar-refractivity contribution in [1.29, 1.82) is 0 Å². The average molecular weight is 834 g/mol. The van der Waals surface area contributed by atoms with E-state index in [-0.39, 0.29) is 18.5 Å². The van der Waals surface area contributed by atoms with Crippen LogP contribution >= 0.6 is 0 Å². The van der Waals surface area contributed by atoms with E-state index in [0.29, 0.717) is 25.9 Å². The third-order valence-corrected chi connectivity index (χ3v) is 12.3. The number of carbonyl (C=O) groups is 2. The molecule has 6 nitrogen and oxygen atoms in total. The van der Waals surface area contributed by atoms with Crippen LogP contribution in [0.15, 0.2) is 12.2 Å². The maximum atomic E-state index is 12.5. The van der Waals surface area contributed by atoms with Crippen LogP contribution < -0.4 is 5.32 Å². The first-order chi connectivity index (χ1) is 29.0. The Bertz CT molecular complexity index is 878. The van der Waals surface area contributed by atoms with Crippen LogP contribution in [-0.4, -0.2) is 47.4 Å². The second kappa shape index (κ2) is 49.3. The molecule has 0 aliphatic rings. The molecule has 0 aliphatic heterocycles. The Hall–Kier alpha value is -1.40. The summed E-state index contributed by atoms with van der Waals surface area (Å²) in [5, 5.41) is 23.2. The van der Waals surface area contributed by atoms with E-state index >= 15 is 0 Å². The first kappa shape index (κ1) is 57.6. The summed E-state index contributed by atoms with van der Waals surface area (Å²) < 4.78 is 5.45. The molecule has 0 aromatic heterocycles. The summed E-state index contributed by atoms with van der Waals surface area (Å²) >= 11 is 0. The van der Waals surface area contributed by atoms with E-state index in [4.69, 9.17) is 4.74 Å². The number of allylic oxidation sites excluding steroid dienone is 2. The van der Waals surface area contributed by atoms with Gasteiger partial charge in [0, 0.05) is 12.8 Å². The molecule has 0 fully saturated rings. The molecule has 59 heavy (non-hydrogen) atoms. The van der Waals surface area contributed by atoms with E-state index in [1.165, 1.54) is 199 Å². The predicted molar refractivity (Wildman–Crippen MR) is 255 cm³/mol. The minimum atomic E-state index is -0.681. The first-order valence-electron chi connectivity index (χ1n) is 26.4. The molecule has 0 heterocycles. The molecule has 1 amide bonds. The van der Waals surface area contributed by atoms with Crippen molar-refractivity contribution in [2.45, 2.75) is 302 Å². The van der Waals surface area contributed by atoms with Gasteiger partial charge in [-0.2, -0.15) is 0 Å². The molecule has 0 aromatic rings. The Morgan fingerprint density at radius 2 is 0.797 bits per heavy atom. The van der Waals surface area contributed by atoms with Gasteiger partial charge in [-0.25, -0.2) is 0 Å². The van der Waals surface area contributed by atoms with E-state index < -0.39 is 12.1 Å². The Morgan fingerprint density at radius 3 is 1.20 bits per heavy atom. The number of carbonyl (C=O) groups excluding carboxylic acids is 2. The maximum Gasteiger partial charge on any atom is 0.305 e. The van der Waals surface area contributed by atoms with Crippen molar-refractivity contribution in [1.82, 2.24) is 5.32 Å². The van der Waals surface area contributed by atoms with Crippen molar-refractivity contribution in [3.63, 3.8) is 0 Å². The number of aliphatic hydroxyl groups is 2. The normalized spacial score (nSPS) is 12.7. The number of nitrogens with one attached hydrogen (secondary N) is 1. The largest absolute Gasteiger partial charge is 0.466 e. The number of ether oxygens (including phenoxy) is 1. The molecule has 0 saturated carbocycles. The Balaban J connectivity index is 3.49. The van der Waals surface area contributed by atoms with Crippen LogP contribution in [0.5, 0.6) is 0 Å². The molecule has 2 atom stereocenters. The maximum absolute atomic E-state index is 12.5. The van der Waals surface area contributed by atoms with E-state index in [2.05, 4.69) is 31.3 Å². The molecule has 0 spiro atoms. The molecule has 0 rings (SSSR count). The molecular weight excluding hydrogens is 731 g/mol. The fourth-order valence-electron chi connectivity index (χ4n) is 8.22. The fraction of sp³-hybridized carbons (Fsp3) is 0.925. The van der Waals surface area contributed by atoms with Crippen LogP contribution in [0.2, 0.25) is 0 Å². The topological polar surface area (TPSA) is 95.9 Å². The smallest absolute Gasteiger partial charge is 0.305 e. The van der Waals surface area contributed by atoms with Gasteiger partial charge in [0.05, 0.1) is 25.4 Å². The van der Waals surface area contributed by atoms with Gasteiger partial charge in [-0.05, 0) is 51.4 Å². The van der Waals surface area contributed by atoms with Gasteiger partial charge >= 0.3 is 5.97 Å². The number of hydrogen-bond acceptors (Lipinski definition) is 5. The molecule has 6 heteroatoms. The van der Waals surface area contributed by atoms with E-state index in [0.717, 1.165) is 57.8 Å². The fourth-order valence-corrected chi connectivity index (χ4v) is 8.22. The number of amides is 1. The minimum absolute atomic E-state index is 0.0322. The number of hydrogen-bond donors (Lipinski definition) is 3. The molecule has 0 aliphatic carbocycles. The van der Waals surface area contributed by atoms with Crippen molar-refractivity contribution in [3.05, 3.63) is 12.2 Å². The van der Waals surface area contributed by atoms with Gasteiger partial charge in [0.15, 0.2) is 0 Å². The summed E-state index contributed by atoms with van der Waals surface area (Å²) in [6, 6.07) is -0.561. The molecular formula is C53H103NO5. The molecule has 3 N–H and O–H groups in total. The second-order valence-corrected chi connectivity index (χ2v) is 18.2. The van der Waals surface area contributed by atoms with Crippen LogP contribution in [0.3, 0.4) is 0 Å². The summed E-state index contributed by atoms with van der Waals surface area (Å²) in [7, 11) is 0. The standard InChI is InChI=1S/C53H103NO5/c1-3-5-7-9-11-13-15-17-19-20-21-23-24-26-29-33-37-41-45-51(56)50(49-55)54-52(57)46-42-38-34-30-28-32-36-40-44-48-59-53(58)47-43-39-35-31-27-25-22-18-16-14-12-10-8-6-4-2/h18,22,50-51,55-56H,3-17,19-21,23-49H2,1-2H3,(H,54,57)/b22-18-. The van der Waals surface area contributed by atoms with E-state index in [1.54, 1.807) is 0 Å². The highest BCUT2D eigenvalue weighted by Gasteiger charge is 2.20. The molecule has 0 aromatic carbocycles. The van der Waals surface area contributed by atoms with Crippen molar-refractivity contribution >= 4 is 11.9 Å². The average Bonchev–Trinajstić information content (AvgIpc) is 3.24. The van der Waals surface area contributed by atoms with Crippen LogP contribution in [0.1, 0.15) is 290 Å². The third-order valence-electron chi connectivity index (χ3n) is 12.3. The van der Waals surface area contributed by atoms with Gasteiger partial charge in [0.2, 0.25) is 5.91 Å². The van der Waals surface area contributed by atoms with Crippen molar-refractivity contribution in [3.8, 4) is 0 Å². The second-order valence-electron chi connectivity index (χ2n) is 18.2. The van der Waals surface area contributed by atoms with Crippen LogP contribution in [0.4, 0.5) is 0 Å². The van der Waals surface area contributed by atoms with E-state index in [9.17, 15) is 19.8 Å². The number of unbranched alkanes of at least 4 members (excludes halogenated alkanes) is 36. The monoisotopic (exact) mass is 834 g/mol. The minimum Gasteiger partial charge on any atom is -0.466 e. The summed E-state index contributed by atoms with van der Waals surface area (Å²) in [6.07, 6.45) is 56.1. The SMILES string of the molecule is CCCCCCCC/C=C\CCCCCCCC(=O)OCCCCCCCCCCCC(=O)NC(CO)C(O)CCCCCCCCCCCCCCCCCCCC. The number of esters is 1. The molecule has 0 radical (unpaired) electrons. The van der Waals surface area contributed by atoms with Crippen molar-refractivity contribution < 1.29 is 24.5 Å². The lowest BCUT2D eigenvalue weighted by Gasteiger charge is -2.22. The lowest BCUT2D eigenvalue weighted by molar-refractivity contribution is -0.143. The van der Waals surface area contributed by atoms with Crippen LogP contribution in [0, 0.1) is 0 Å². The van der Waals surface area contributed by atoms with E-state index in [1.807, 2.05) is 0 Å². The lowest BCUT2D eigenvalue weighted by atomic mass is 10.0. The van der Waals surface area contributed by atoms with Crippen LogP contribution in [-0.2, 0) is 14.3 Å². The molecule has 2 unspecified atom stereocenters. The molecule has 0 saturated heterocycles. The zero-order chi connectivity index (χ0) is 43.0. The summed E-state index contributed by atoms with van der Waals surface area (Å²) in [6.45, 7) is 4.89. The quantitative estimate of drug-likeness (QED) is 0.0322.